The van der Waals surface area contributed by atoms with Gasteiger partial charge in [-0.25, -0.2) is 0 Å². The number of anilines is 1. The highest BCUT2D eigenvalue weighted by molar-refractivity contribution is 5.42. The fourth-order valence-electron chi connectivity index (χ4n) is 2.97. The highest BCUT2D eigenvalue weighted by Crippen LogP contribution is 2.22. The minimum atomic E-state index is 0.769. The van der Waals surface area contributed by atoms with E-state index in [1.54, 1.807) is 0 Å². The predicted octanol–water partition coefficient (Wildman–Crippen LogP) is 3.75. The fourth-order valence-corrected chi connectivity index (χ4v) is 2.97. The average Bonchev–Trinajstić information content (AvgIpc) is 2.38. The van der Waals surface area contributed by atoms with Crippen LogP contribution >= 0.6 is 0 Å². The van der Waals surface area contributed by atoms with Gasteiger partial charge in [-0.2, -0.15) is 0 Å². The first-order valence-electron chi connectivity index (χ1n) is 7.32. The van der Waals surface area contributed by atoms with Crippen LogP contribution in [0.5, 0.6) is 0 Å². The SMILES string of the molecule is CC1CCCC(C)N1CCCNc1ccccc1. The molecule has 0 aromatic heterocycles. The van der Waals surface area contributed by atoms with E-state index >= 15 is 0 Å². The van der Waals surface area contributed by atoms with Gasteiger partial charge in [-0.3, -0.25) is 4.90 Å². The first-order valence-corrected chi connectivity index (χ1v) is 7.32. The number of rotatable bonds is 5. The van der Waals surface area contributed by atoms with Gasteiger partial charge < -0.3 is 5.32 Å². The Morgan fingerprint density at radius 3 is 2.44 bits per heavy atom. The molecule has 2 heteroatoms. The van der Waals surface area contributed by atoms with Crippen molar-refractivity contribution in [3.05, 3.63) is 30.3 Å². The van der Waals surface area contributed by atoms with Crippen LogP contribution < -0.4 is 5.32 Å². The molecule has 1 aromatic carbocycles. The molecule has 0 amide bonds. The normalized spacial score (nSPS) is 25.0. The van der Waals surface area contributed by atoms with Gasteiger partial charge in [0.1, 0.15) is 0 Å². The third-order valence-corrected chi connectivity index (χ3v) is 4.07. The van der Waals surface area contributed by atoms with E-state index in [1.165, 1.54) is 37.9 Å². The summed E-state index contributed by atoms with van der Waals surface area (Å²) in [5, 5.41) is 3.49. The van der Waals surface area contributed by atoms with Crippen molar-refractivity contribution in [1.29, 1.82) is 0 Å². The molecule has 0 saturated carbocycles. The van der Waals surface area contributed by atoms with E-state index in [-0.39, 0.29) is 0 Å². The van der Waals surface area contributed by atoms with Crippen LogP contribution in [0.15, 0.2) is 30.3 Å². The molecule has 2 nitrogen and oxygen atoms in total. The largest absolute Gasteiger partial charge is 0.385 e. The third kappa shape index (κ3) is 3.74. The van der Waals surface area contributed by atoms with E-state index in [2.05, 4.69) is 54.4 Å². The molecule has 0 spiro atoms. The molecule has 2 unspecified atom stereocenters. The minimum absolute atomic E-state index is 0.769. The van der Waals surface area contributed by atoms with Crippen LogP contribution in [-0.2, 0) is 0 Å². The molecule has 1 saturated heterocycles. The van der Waals surface area contributed by atoms with E-state index in [0.29, 0.717) is 0 Å². The Morgan fingerprint density at radius 2 is 1.78 bits per heavy atom. The molecule has 1 N–H and O–H groups in total. The molecule has 1 heterocycles. The van der Waals surface area contributed by atoms with E-state index in [4.69, 9.17) is 0 Å². The van der Waals surface area contributed by atoms with Crippen molar-refractivity contribution in [2.75, 3.05) is 18.4 Å². The summed E-state index contributed by atoms with van der Waals surface area (Å²) in [6.07, 6.45) is 5.37. The summed E-state index contributed by atoms with van der Waals surface area (Å²) in [6.45, 7) is 7.04. The van der Waals surface area contributed by atoms with Crippen LogP contribution in [0.25, 0.3) is 0 Å². The maximum atomic E-state index is 3.49. The van der Waals surface area contributed by atoms with Crippen LogP contribution in [0.1, 0.15) is 39.5 Å². The predicted molar refractivity (Wildman–Crippen MR) is 79.0 cm³/mol. The lowest BCUT2D eigenvalue weighted by molar-refractivity contribution is 0.103. The molecule has 1 aliphatic heterocycles. The molecule has 0 radical (unpaired) electrons. The summed E-state index contributed by atoms with van der Waals surface area (Å²) in [5.41, 5.74) is 1.23. The highest BCUT2D eigenvalue weighted by atomic mass is 15.2. The Morgan fingerprint density at radius 1 is 1.11 bits per heavy atom. The number of para-hydroxylation sites is 1. The molecule has 0 bridgehead atoms. The number of hydrogen-bond donors (Lipinski definition) is 1. The van der Waals surface area contributed by atoms with E-state index in [1.807, 2.05) is 0 Å². The number of nitrogens with one attached hydrogen (secondary N) is 1. The van der Waals surface area contributed by atoms with Crippen LogP contribution in [0, 0.1) is 0 Å². The van der Waals surface area contributed by atoms with Crippen molar-refractivity contribution in [3.63, 3.8) is 0 Å². The van der Waals surface area contributed by atoms with Crippen molar-refractivity contribution < 1.29 is 0 Å². The number of nitrogens with zero attached hydrogens (tertiary/aromatic N) is 1. The molecule has 18 heavy (non-hydrogen) atoms. The topological polar surface area (TPSA) is 15.3 Å². The highest BCUT2D eigenvalue weighted by Gasteiger charge is 2.23. The number of hydrogen-bond acceptors (Lipinski definition) is 2. The van der Waals surface area contributed by atoms with Gasteiger partial charge in [0.2, 0.25) is 0 Å². The Hall–Kier alpha value is -1.02. The van der Waals surface area contributed by atoms with Crippen LogP contribution in [0.2, 0.25) is 0 Å². The van der Waals surface area contributed by atoms with Crippen LogP contribution in [0.3, 0.4) is 0 Å². The third-order valence-electron chi connectivity index (χ3n) is 4.07. The molecular formula is C16H26N2. The quantitative estimate of drug-likeness (QED) is 0.796. The summed E-state index contributed by atoms with van der Waals surface area (Å²) in [6, 6.07) is 12.0. The van der Waals surface area contributed by atoms with Crippen LogP contribution in [-0.4, -0.2) is 30.1 Å². The molecular weight excluding hydrogens is 220 g/mol. The van der Waals surface area contributed by atoms with Gasteiger partial charge in [-0.15, -0.1) is 0 Å². The van der Waals surface area contributed by atoms with Gasteiger partial charge in [0.05, 0.1) is 0 Å². The summed E-state index contributed by atoms with van der Waals surface area (Å²) < 4.78 is 0. The zero-order valence-electron chi connectivity index (χ0n) is 11.7. The lowest BCUT2D eigenvalue weighted by atomic mass is 9.97. The molecule has 1 aromatic rings. The number of likely N-dealkylation sites (tertiary alicyclic amines) is 1. The summed E-state index contributed by atoms with van der Waals surface area (Å²) in [5.74, 6) is 0. The van der Waals surface area contributed by atoms with Crippen molar-refractivity contribution in [3.8, 4) is 0 Å². The van der Waals surface area contributed by atoms with Crippen molar-refractivity contribution in [1.82, 2.24) is 4.90 Å². The van der Waals surface area contributed by atoms with Gasteiger partial charge in [-0.1, -0.05) is 24.6 Å². The first kappa shape index (κ1) is 13.4. The summed E-state index contributed by atoms with van der Waals surface area (Å²) >= 11 is 0. The molecule has 2 rings (SSSR count). The Labute approximate surface area is 111 Å². The van der Waals surface area contributed by atoms with E-state index in [0.717, 1.165) is 18.6 Å². The van der Waals surface area contributed by atoms with Crippen molar-refractivity contribution >= 4 is 5.69 Å². The van der Waals surface area contributed by atoms with Crippen molar-refractivity contribution in [2.45, 2.75) is 51.6 Å². The number of piperidine rings is 1. The lowest BCUT2D eigenvalue weighted by Gasteiger charge is -2.39. The number of benzene rings is 1. The molecule has 100 valence electrons. The van der Waals surface area contributed by atoms with Gasteiger partial charge >= 0.3 is 0 Å². The zero-order chi connectivity index (χ0) is 12.8. The minimum Gasteiger partial charge on any atom is -0.385 e. The van der Waals surface area contributed by atoms with Gasteiger partial charge in [0.15, 0.2) is 0 Å². The molecule has 1 aliphatic rings. The summed E-state index contributed by atoms with van der Waals surface area (Å²) in [4.78, 5) is 2.68. The fraction of sp³-hybridized carbons (Fsp3) is 0.625. The van der Waals surface area contributed by atoms with Crippen molar-refractivity contribution in [2.24, 2.45) is 0 Å². The standard InChI is InChI=1S/C16H26N2/c1-14-8-6-9-15(2)18(14)13-7-12-17-16-10-4-3-5-11-16/h3-5,10-11,14-15,17H,6-9,12-13H2,1-2H3. The van der Waals surface area contributed by atoms with E-state index < -0.39 is 0 Å². The van der Waals surface area contributed by atoms with Gasteiger partial charge in [-0.05, 0) is 45.2 Å². The Bertz CT molecular complexity index is 326. The maximum Gasteiger partial charge on any atom is 0.0340 e. The Kier molecular flexibility index (Phi) is 5.06. The first-order chi connectivity index (χ1) is 8.77. The van der Waals surface area contributed by atoms with Crippen LogP contribution in [0.4, 0.5) is 5.69 Å². The average molecular weight is 246 g/mol. The smallest absolute Gasteiger partial charge is 0.0340 e. The molecule has 1 fully saturated rings. The lowest BCUT2D eigenvalue weighted by Crippen LogP contribution is -2.44. The summed E-state index contributed by atoms with van der Waals surface area (Å²) in [7, 11) is 0. The monoisotopic (exact) mass is 246 g/mol. The second-order valence-electron chi connectivity index (χ2n) is 5.51. The molecule has 2 atom stereocenters. The second kappa shape index (κ2) is 6.79. The van der Waals surface area contributed by atoms with Gasteiger partial charge in [0.25, 0.3) is 0 Å². The maximum absolute atomic E-state index is 3.49. The molecule has 0 aliphatic carbocycles. The zero-order valence-corrected chi connectivity index (χ0v) is 11.7. The van der Waals surface area contributed by atoms with E-state index in [9.17, 15) is 0 Å². The second-order valence-corrected chi connectivity index (χ2v) is 5.51. The van der Waals surface area contributed by atoms with Gasteiger partial charge in [0, 0.05) is 30.9 Å². The Balaban J connectivity index is 1.68.